The lowest BCUT2D eigenvalue weighted by molar-refractivity contribution is -0.161. The van der Waals surface area contributed by atoms with Crippen molar-refractivity contribution >= 4 is 39.5 Å². The van der Waals surface area contributed by atoms with Crippen LogP contribution in [0.3, 0.4) is 0 Å². The van der Waals surface area contributed by atoms with Crippen LogP contribution in [0.1, 0.15) is 369 Å². The summed E-state index contributed by atoms with van der Waals surface area (Å²) in [7, 11) is -9.89. The third-order valence-corrected chi connectivity index (χ3v) is 18.4. The minimum absolute atomic E-state index is 0.106. The van der Waals surface area contributed by atoms with Crippen molar-refractivity contribution < 1.29 is 80.2 Å². The van der Waals surface area contributed by atoms with Gasteiger partial charge in [-0.15, -0.1) is 0 Å². The zero-order valence-electron chi connectivity index (χ0n) is 58.3. The van der Waals surface area contributed by atoms with Gasteiger partial charge in [-0.2, -0.15) is 0 Å². The first-order valence-electron chi connectivity index (χ1n) is 37.1. The molecule has 0 saturated carbocycles. The van der Waals surface area contributed by atoms with Gasteiger partial charge in [0.15, 0.2) is 12.2 Å². The lowest BCUT2D eigenvalue weighted by Crippen LogP contribution is -2.30. The molecule has 90 heavy (non-hydrogen) atoms. The molecule has 0 aliphatic carbocycles. The Hall–Kier alpha value is -1.94. The summed E-state index contributed by atoms with van der Waals surface area (Å²) in [4.78, 5) is 72.5. The van der Waals surface area contributed by atoms with Crippen LogP contribution < -0.4 is 0 Å². The van der Waals surface area contributed by atoms with E-state index in [1.807, 2.05) is 0 Å². The molecule has 2 unspecified atom stereocenters. The summed E-state index contributed by atoms with van der Waals surface area (Å²) in [5, 5.41) is 10.6. The van der Waals surface area contributed by atoms with Gasteiger partial charge in [-0.25, -0.2) is 9.13 Å². The Bertz CT molecular complexity index is 1740. The largest absolute Gasteiger partial charge is 0.472 e. The second-order valence-corrected chi connectivity index (χ2v) is 29.0. The zero-order valence-corrected chi connectivity index (χ0v) is 60.1. The molecule has 0 aromatic carbocycles. The fraction of sp³-hybridized carbons (Fsp3) is 0.944. The quantitative estimate of drug-likeness (QED) is 0.0222. The number of rotatable bonds is 71. The van der Waals surface area contributed by atoms with Crippen LogP contribution >= 0.6 is 15.6 Å². The van der Waals surface area contributed by atoms with Crippen molar-refractivity contribution in [3.05, 3.63) is 0 Å². The molecular formula is C71H138O17P2. The highest BCUT2D eigenvalue weighted by atomic mass is 31.2. The van der Waals surface area contributed by atoms with Gasteiger partial charge in [0, 0.05) is 25.7 Å². The highest BCUT2D eigenvalue weighted by molar-refractivity contribution is 7.47. The molecule has 0 aliphatic heterocycles. The van der Waals surface area contributed by atoms with Crippen LogP contribution in [0.4, 0.5) is 0 Å². The van der Waals surface area contributed by atoms with E-state index in [1.54, 1.807) is 0 Å². The van der Waals surface area contributed by atoms with Gasteiger partial charge in [0.2, 0.25) is 0 Å². The fourth-order valence-corrected chi connectivity index (χ4v) is 12.4. The van der Waals surface area contributed by atoms with Crippen molar-refractivity contribution in [2.75, 3.05) is 39.6 Å². The van der Waals surface area contributed by atoms with Gasteiger partial charge in [-0.1, -0.05) is 317 Å². The summed E-state index contributed by atoms with van der Waals surface area (Å²) in [5.74, 6) is -1.37. The molecular weight excluding hydrogens is 1190 g/mol. The van der Waals surface area contributed by atoms with E-state index >= 15 is 0 Å². The van der Waals surface area contributed by atoms with Gasteiger partial charge >= 0.3 is 39.5 Å². The van der Waals surface area contributed by atoms with Crippen molar-refractivity contribution in [1.82, 2.24) is 0 Å². The van der Waals surface area contributed by atoms with Crippen LogP contribution in [0, 0.1) is 5.92 Å². The average Bonchev–Trinajstić information content (AvgIpc) is 3.73. The number of hydrogen-bond acceptors (Lipinski definition) is 15. The predicted molar refractivity (Wildman–Crippen MR) is 363 cm³/mol. The van der Waals surface area contributed by atoms with Crippen LogP contribution in [-0.2, 0) is 65.4 Å². The number of esters is 4. The molecule has 3 N–H and O–H groups in total. The zero-order chi connectivity index (χ0) is 66.3. The summed E-state index contributed by atoms with van der Waals surface area (Å²) >= 11 is 0. The molecule has 0 fully saturated rings. The lowest BCUT2D eigenvalue weighted by atomic mass is 10.0. The molecule has 0 aromatic rings. The molecule has 0 saturated heterocycles. The van der Waals surface area contributed by atoms with Crippen LogP contribution in [0.15, 0.2) is 0 Å². The topological polar surface area (TPSA) is 237 Å². The van der Waals surface area contributed by atoms with E-state index in [2.05, 4.69) is 34.6 Å². The van der Waals surface area contributed by atoms with Gasteiger partial charge in [0.05, 0.1) is 26.4 Å². The number of phosphoric acid groups is 2. The van der Waals surface area contributed by atoms with Crippen LogP contribution in [-0.4, -0.2) is 96.7 Å². The number of unbranched alkanes of at least 4 members (excludes halogenated alkanes) is 43. The second kappa shape index (κ2) is 64.4. The van der Waals surface area contributed by atoms with E-state index < -0.39 is 97.5 Å². The summed E-state index contributed by atoms with van der Waals surface area (Å²) in [6.45, 7) is 7.22. The number of aliphatic hydroxyl groups excluding tert-OH is 1. The number of aliphatic hydroxyl groups is 1. The summed E-state index contributed by atoms with van der Waals surface area (Å²) in [6.07, 6.45) is 51.4. The van der Waals surface area contributed by atoms with Crippen LogP contribution in [0.25, 0.3) is 0 Å². The Morgan fingerprint density at radius 3 is 0.756 bits per heavy atom. The molecule has 0 rings (SSSR count). The van der Waals surface area contributed by atoms with E-state index in [4.69, 9.17) is 37.0 Å². The Kier molecular flexibility index (Phi) is 63.0. The number of carbonyl (C=O) groups excluding carboxylic acids is 4. The van der Waals surface area contributed by atoms with Crippen molar-refractivity contribution in [1.29, 1.82) is 0 Å². The molecule has 0 aromatic heterocycles. The molecule has 0 spiro atoms. The maximum absolute atomic E-state index is 13.0. The smallest absolute Gasteiger partial charge is 0.462 e. The molecule has 0 heterocycles. The Balaban J connectivity index is 5.18. The van der Waals surface area contributed by atoms with Crippen molar-refractivity contribution in [3.8, 4) is 0 Å². The molecule has 0 bridgehead atoms. The summed E-state index contributed by atoms with van der Waals surface area (Å²) in [5.41, 5.74) is 0. The van der Waals surface area contributed by atoms with Gasteiger partial charge in [0.25, 0.3) is 0 Å². The average molecular weight is 1330 g/mol. The highest BCUT2D eigenvalue weighted by Gasteiger charge is 2.30. The first-order chi connectivity index (χ1) is 43.5. The Morgan fingerprint density at radius 1 is 0.300 bits per heavy atom. The van der Waals surface area contributed by atoms with E-state index in [1.165, 1.54) is 193 Å². The molecule has 19 heteroatoms. The molecule has 5 atom stereocenters. The molecule has 0 aliphatic rings. The predicted octanol–water partition coefficient (Wildman–Crippen LogP) is 20.5. The van der Waals surface area contributed by atoms with Crippen LogP contribution in [0.5, 0.6) is 0 Å². The number of phosphoric ester groups is 2. The van der Waals surface area contributed by atoms with E-state index in [0.29, 0.717) is 25.7 Å². The standard InChI is InChI=1S/C71H138O17P2/c1-6-9-12-15-18-21-22-23-24-25-26-27-28-29-30-37-42-47-52-57-71(76)88-67(61-82-69(74)55-50-45-40-36-32-31-35-38-43-48-53-64(4)5)63-86-90(79,80)84-59-65(72)58-83-89(77,78)85-62-66(87-70(75)56-51-46-41-34-20-17-14-11-8-3)60-81-68(73)54-49-44-39-33-19-16-13-10-7-2/h64-67,72H,6-63H2,1-5H3,(H,77,78)(H,79,80)/t65-,66+,67+/m0/s1. The lowest BCUT2D eigenvalue weighted by Gasteiger charge is -2.21. The van der Waals surface area contributed by atoms with Crippen LogP contribution in [0.2, 0.25) is 0 Å². The van der Waals surface area contributed by atoms with E-state index in [-0.39, 0.29) is 25.7 Å². The minimum atomic E-state index is -4.95. The number of ether oxygens (including phenoxy) is 4. The maximum Gasteiger partial charge on any atom is 0.472 e. The normalized spacial score (nSPS) is 14.1. The van der Waals surface area contributed by atoms with Crippen molar-refractivity contribution in [2.45, 2.75) is 387 Å². The SMILES string of the molecule is CCCCCCCCCCCCCCCCCCCCCC(=O)O[C@H](COC(=O)CCCCCCCCCCCCC(C)C)COP(=O)(O)OC[C@@H](O)COP(=O)(O)OC[C@@H](COC(=O)CCCCCCCCCCC)OC(=O)CCCCCCCCCCC. The molecule has 0 amide bonds. The first kappa shape index (κ1) is 88.1. The third kappa shape index (κ3) is 64.8. The summed E-state index contributed by atoms with van der Waals surface area (Å²) < 4.78 is 68.2. The Labute approximate surface area is 549 Å². The molecule has 0 radical (unpaired) electrons. The number of carbonyl (C=O) groups is 4. The van der Waals surface area contributed by atoms with Gasteiger partial charge in [-0.3, -0.25) is 37.3 Å². The highest BCUT2D eigenvalue weighted by Crippen LogP contribution is 2.45. The van der Waals surface area contributed by atoms with E-state index in [9.17, 15) is 43.2 Å². The molecule has 534 valence electrons. The summed E-state index contributed by atoms with van der Waals surface area (Å²) in [6, 6.07) is 0. The monoisotopic (exact) mass is 1320 g/mol. The maximum atomic E-state index is 13.0. The van der Waals surface area contributed by atoms with Gasteiger partial charge in [0.1, 0.15) is 19.3 Å². The van der Waals surface area contributed by atoms with Gasteiger partial charge < -0.3 is 33.8 Å². The van der Waals surface area contributed by atoms with Crippen molar-refractivity contribution in [3.63, 3.8) is 0 Å². The van der Waals surface area contributed by atoms with Gasteiger partial charge in [-0.05, 0) is 31.6 Å². The minimum Gasteiger partial charge on any atom is -0.462 e. The van der Waals surface area contributed by atoms with Crippen molar-refractivity contribution in [2.24, 2.45) is 5.92 Å². The second-order valence-electron chi connectivity index (χ2n) is 26.1. The first-order valence-corrected chi connectivity index (χ1v) is 40.1. The third-order valence-electron chi connectivity index (χ3n) is 16.5. The molecule has 17 nitrogen and oxygen atoms in total. The van der Waals surface area contributed by atoms with E-state index in [0.717, 1.165) is 95.8 Å². The Morgan fingerprint density at radius 2 is 0.511 bits per heavy atom. The fourth-order valence-electron chi connectivity index (χ4n) is 10.8. The number of hydrogen-bond donors (Lipinski definition) is 3.